The van der Waals surface area contributed by atoms with Gasteiger partial charge in [0, 0.05) is 32.8 Å². The van der Waals surface area contributed by atoms with Gasteiger partial charge < -0.3 is 15.4 Å². The van der Waals surface area contributed by atoms with E-state index < -0.39 is 11.2 Å². The summed E-state index contributed by atoms with van der Waals surface area (Å²) >= 11 is 0. The average Bonchev–Trinajstić information content (AvgIpc) is 3.62. The molecule has 1 aliphatic carbocycles. The van der Waals surface area contributed by atoms with Gasteiger partial charge in [0.25, 0.3) is 5.56 Å². The quantitative estimate of drug-likeness (QED) is 0.491. The van der Waals surface area contributed by atoms with Crippen LogP contribution in [0.3, 0.4) is 0 Å². The van der Waals surface area contributed by atoms with Crippen LogP contribution in [0.1, 0.15) is 45.2 Å². The van der Waals surface area contributed by atoms with Gasteiger partial charge in [-0.25, -0.2) is 4.79 Å². The number of carbonyl (C=O) groups is 1. The predicted octanol–water partition coefficient (Wildman–Crippen LogP) is 2.23. The van der Waals surface area contributed by atoms with Gasteiger partial charge in [0.05, 0.1) is 13.2 Å². The number of methoxy groups -OCH3 is 1. The van der Waals surface area contributed by atoms with Crippen molar-refractivity contribution in [3.05, 3.63) is 56.7 Å². The van der Waals surface area contributed by atoms with Gasteiger partial charge in [-0.3, -0.25) is 24.0 Å². The van der Waals surface area contributed by atoms with Gasteiger partial charge in [0.1, 0.15) is 5.82 Å². The van der Waals surface area contributed by atoms with Gasteiger partial charge >= 0.3 is 5.69 Å². The highest BCUT2D eigenvalue weighted by Crippen LogP contribution is 2.33. The van der Waals surface area contributed by atoms with Gasteiger partial charge in [-0.15, -0.1) is 0 Å². The van der Waals surface area contributed by atoms with Crippen molar-refractivity contribution in [2.75, 3.05) is 44.0 Å². The van der Waals surface area contributed by atoms with Gasteiger partial charge in [-0.1, -0.05) is 44.2 Å². The number of hydrogen-bond donors (Lipinski definition) is 2. The number of rotatable bonds is 12. The van der Waals surface area contributed by atoms with Crippen LogP contribution in [0.15, 0.2) is 39.9 Å². The van der Waals surface area contributed by atoms with Crippen LogP contribution >= 0.6 is 0 Å². The Bertz CT molecular complexity index is 1070. The Morgan fingerprint density at radius 1 is 1.21 bits per heavy atom. The molecule has 0 spiro atoms. The fourth-order valence-corrected chi connectivity index (χ4v) is 4.12. The Labute approximate surface area is 200 Å². The van der Waals surface area contributed by atoms with Gasteiger partial charge in [0.15, 0.2) is 5.69 Å². The Morgan fingerprint density at radius 3 is 2.47 bits per heavy atom. The maximum Gasteiger partial charge on any atom is 0.330 e. The third-order valence-electron chi connectivity index (χ3n) is 6.21. The molecule has 0 radical (unpaired) electrons. The number of nitrogen functional groups attached to an aromatic ring is 1. The van der Waals surface area contributed by atoms with E-state index in [2.05, 4.69) is 28.9 Å². The van der Waals surface area contributed by atoms with Crippen LogP contribution in [0.4, 0.5) is 11.5 Å². The van der Waals surface area contributed by atoms with Crippen molar-refractivity contribution in [1.82, 2.24) is 14.5 Å². The molecule has 1 aromatic carbocycles. The summed E-state index contributed by atoms with van der Waals surface area (Å²) in [5, 5.41) is 0. The molecule has 9 heteroatoms. The lowest BCUT2D eigenvalue weighted by Gasteiger charge is -2.32. The van der Waals surface area contributed by atoms with Gasteiger partial charge in [0.2, 0.25) is 5.91 Å². The van der Waals surface area contributed by atoms with Crippen molar-refractivity contribution in [2.24, 2.45) is 11.8 Å². The monoisotopic (exact) mass is 471 g/mol. The van der Waals surface area contributed by atoms with Crippen LogP contribution in [0, 0.1) is 11.8 Å². The van der Waals surface area contributed by atoms with E-state index >= 15 is 0 Å². The molecule has 1 atom stereocenters. The molecule has 34 heavy (non-hydrogen) atoms. The van der Waals surface area contributed by atoms with Crippen LogP contribution in [0.5, 0.6) is 0 Å². The number of aromatic nitrogens is 2. The van der Waals surface area contributed by atoms with Gasteiger partial charge in [-0.05, 0) is 37.2 Å². The zero-order valence-corrected chi connectivity index (χ0v) is 20.6. The Kier molecular flexibility index (Phi) is 8.68. The number of benzene rings is 1. The number of hydrogen-bond acceptors (Lipinski definition) is 6. The number of amides is 1. The molecule has 0 bridgehead atoms. The minimum absolute atomic E-state index is 0.000959. The molecule has 186 valence electrons. The van der Waals surface area contributed by atoms with Crippen LogP contribution < -0.4 is 21.9 Å². The molecule has 1 unspecified atom stereocenters. The van der Waals surface area contributed by atoms with Crippen LogP contribution in [0.25, 0.3) is 0 Å². The summed E-state index contributed by atoms with van der Waals surface area (Å²) < 4.78 is 6.53. The molecule has 1 fully saturated rings. The van der Waals surface area contributed by atoms with Gasteiger partial charge in [-0.2, -0.15) is 0 Å². The standard InChI is InChI=1S/C25H37N5O4/c1-17(2)14-30-23(26)22(24(32)27-25(30)33)29(12-13-34-4)21(31)16-28(15-19-10-11-19)18(3)20-8-6-5-7-9-20/h5-9,17-19H,10-16,26H2,1-4H3,(H,27,32,33). The molecule has 3 rings (SSSR count). The molecule has 1 amide bonds. The third kappa shape index (κ3) is 6.36. The molecule has 0 saturated heterocycles. The van der Waals surface area contributed by atoms with E-state index in [0.29, 0.717) is 12.5 Å². The molecule has 2 aromatic rings. The molecule has 1 saturated carbocycles. The van der Waals surface area contributed by atoms with Crippen LogP contribution in [0.2, 0.25) is 0 Å². The largest absolute Gasteiger partial charge is 0.383 e. The SMILES string of the molecule is COCCN(C(=O)CN(CC1CC1)C(C)c1ccccc1)c1c(N)n(CC(C)C)c(=O)[nH]c1=O. The highest BCUT2D eigenvalue weighted by Gasteiger charge is 2.31. The molecular weight excluding hydrogens is 434 g/mol. The van der Waals surface area contributed by atoms with E-state index in [-0.39, 0.29) is 49.1 Å². The second-order valence-electron chi connectivity index (χ2n) is 9.50. The zero-order valence-electron chi connectivity index (χ0n) is 20.6. The number of ether oxygens (including phenoxy) is 1. The first-order valence-corrected chi connectivity index (χ1v) is 11.9. The molecule has 9 nitrogen and oxygen atoms in total. The van der Waals surface area contributed by atoms with Crippen molar-refractivity contribution in [3.8, 4) is 0 Å². The number of anilines is 2. The molecule has 1 heterocycles. The Hall–Kier alpha value is -2.91. The maximum atomic E-state index is 13.7. The number of carbonyl (C=O) groups excluding carboxylic acids is 1. The number of aromatic amines is 1. The fourth-order valence-electron chi connectivity index (χ4n) is 4.12. The number of nitrogens with one attached hydrogen (secondary N) is 1. The smallest absolute Gasteiger partial charge is 0.330 e. The normalized spacial score (nSPS) is 14.5. The fraction of sp³-hybridized carbons (Fsp3) is 0.560. The van der Waals surface area contributed by atoms with E-state index in [9.17, 15) is 14.4 Å². The summed E-state index contributed by atoms with van der Waals surface area (Å²) in [5.41, 5.74) is 6.19. The van der Waals surface area contributed by atoms with E-state index in [0.717, 1.165) is 24.9 Å². The first-order valence-electron chi connectivity index (χ1n) is 11.9. The van der Waals surface area contributed by atoms with Crippen molar-refractivity contribution in [1.29, 1.82) is 0 Å². The summed E-state index contributed by atoms with van der Waals surface area (Å²) in [6, 6.07) is 10.1. The second-order valence-corrected chi connectivity index (χ2v) is 9.50. The highest BCUT2D eigenvalue weighted by molar-refractivity contribution is 5.96. The number of nitrogens with two attached hydrogens (primary N) is 1. The lowest BCUT2D eigenvalue weighted by atomic mass is 10.1. The van der Waals surface area contributed by atoms with Crippen molar-refractivity contribution in [2.45, 2.75) is 46.2 Å². The summed E-state index contributed by atoms with van der Waals surface area (Å²) in [6.07, 6.45) is 2.32. The summed E-state index contributed by atoms with van der Waals surface area (Å²) in [5.74, 6) is 0.444. The van der Waals surface area contributed by atoms with Crippen molar-refractivity contribution >= 4 is 17.4 Å². The third-order valence-corrected chi connectivity index (χ3v) is 6.21. The highest BCUT2D eigenvalue weighted by atomic mass is 16.5. The van der Waals surface area contributed by atoms with Crippen molar-refractivity contribution < 1.29 is 9.53 Å². The molecule has 3 N–H and O–H groups in total. The Balaban J connectivity index is 1.94. The van der Waals surface area contributed by atoms with E-state index in [1.165, 1.54) is 16.6 Å². The van der Waals surface area contributed by atoms with E-state index in [4.69, 9.17) is 10.5 Å². The molecular formula is C25H37N5O4. The summed E-state index contributed by atoms with van der Waals surface area (Å²) in [6.45, 7) is 7.63. The summed E-state index contributed by atoms with van der Waals surface area (Å²) in [7, 11) is 1.53. The first-order chi connectivity index (χ1) is 16.2. The zero-order chi connectivity index (χ0) is 24.8. The molecule has 1 aliphatic rings. The lowest BCUT2D eigenvalue weighted by Crippen LogP contribution is -2.47. The van der Waals surface area contributed by atoms with E-state index in [1.54, 1.807) is 0 Å². The van der Waals surface area contributed by atoms with Crippen LogP contribution in [-0.2, 0) is 16.1 Å². The topological polar surface area (TPSA) is 114 Å². The van der Waals surface area contributed by atoms with Crippen LogP contribution in [-0.4, -0.2) is 53.7 Å². The van der Waals surface area contributed by atoms with Crippen molar-refractivity contribution in [3.63, 3.8) is 0 Å². The second kappa shape index (κ2) is 11.5. The summed E-state index contributed by atoms with van der Waals surface area (Å²) in [4.78, 5) is 44.7. The minimum Gasteiger partial charge on any atom is -0.383 e. The number of H-pyrrole nitrogens is 1. The maximum absolute atomic E-state index is 13.7. The minimum atomic E-state index is -0.670. The first kappa shape index (κ1) is 25.7. The molecule has 1 aromatic heterocycles. The lowest BCUT2D eigenvalue weighted by molar-refractivity contribution is -0.120. The average molecular weight is 472 g/mol. The number of nitrogens with zero attached hydrogens (tertiary/aromatic N) is 3. The van der Waals surface area contributed by atoms with E-state index in [1.807, 2.05) is 32.0 Å². The predicted molar refractivity (Wildman–Crippen MR) is 134 cm³/mol. The Morgan fingerprint density at radius 2 is 1.88 bits per heavy atom. The molecule has 0 aliphatic heterocycles.